The van der Waals surface area contributed by atoms with Crippen LogP contribution in [0.2, 0.25) is 0 Å². The summed E-state index contributed by atoms with van der Waals surface area (Å²) in [7, 11) is -4.08. The van der Waals surface area contributed by atoms with Crippen molar-refractivity contribution < 1.29 is 22.7 Å². The molecule has 0 fully saturated rings. The summed E-state index contributed by atoms with van der Waals surface area (Å²) in [5.41, 5.74) is 1.04. The Labute approximate surface area is 230 Å². The molecular formula is C22H28FKNO4S2. The van der Waals surface area contributed by atoms with Crippen LogP contribution in [-0.2, 0) is 25.8 Å². The van der Waals surface area contributed by atoms with E-state index in [1.807, 2.05) is 27.7 Å². The van der Waals surface area contributed by atoms with Gasteiger partial charge in [-0.3, -0.25) is 4.79 Å². The molecule has 1 heterocycles. The molecule has 2 N–H and O–H groups in total. The van der Waals surface area contributed by atoms with Crippen LogP contribution in [0.4, 0.5) is 4.39 Å². The van der Waals surface area contributed by atoms with E-state index in [0.29, 0.717) is 12.0 Å². The van der Waals surface area contributed by atoms with Crippen LogP contribution in [0.15, 0.2) is 27.8 Å². The van der Waals surface area contributed by atoms with E-state index in [1.165, 1.54) is 18.2 Å². The van der Waals surface area contributed by atoms with Crippen LogP contribution in [0.1, 0.15) is 82.1 Å². The molecule has 5 nitrogen and oxygen atoms in total. The molecule has 1 aromatic carbocycles. The molecule has 0 bridgehead atoms. The predicted octanol–water partition coefficient (Wildman–Crippen LogP) is 4.13. The molecule has 0 aliphatic heterocycles. The second-order valence-electron chi connectivity index (χ2n) is 9.43. The van der Waals surface area contributed by atoms with Gasteiger partial charge in [-0.1, -0.05) is 27.7 Å². The summed E-state index contributed by atoms with van der Waals surface area (Å²) in [6.45, 7) is 10.9. The summed E-state index contributed by atoms with van der Waals surface area (Å²) in [6.07, 6.45) is 0.395. The maximum absolute atomic E-state index is 14.2. The molecule has 0 saturated carbocycles. The number of sulfonamides is 1. The van der Waals surface area contributed by atoms with E-state index in [-0.39, 0.29) is 67.3 Å². The fourth-order valence-corrected chi connectivity index (χ4v) is 6.40. The normalized spacial score (nSPS) is 17.9. The van der Waals surface area contributed by atoms with E-state index >= 15 is 0 Å². The molecule has 0 saturated heterocycles. The number of amides is 1. The minimum Gasteiger partial charge on any atom is -0.386 e. The first-order valence-electron chi connectivity index (χ1n) is 9.85. The second kappa shape index (κ2) is 9.25. The predicted molar refractivity (Wildman–Crippen MR) is 122 cm³/mol. The van der Waals surface area contributed by atoms with Crippen molar-refractivity contribution in [2.75, 3.05) is 0 Å². The molecule has 0 spiro atoms. The van der Waals surface area contributed by atoms with E-state index in [4.69, 9.17) is 0 Å². The quantitative estimate of drug-likeness (QED) is 0.615. The van der Waals surface area contributed by atoms with E-state index in [9.17, 15) is 22.7 Å². The Balaban J connectivity index is 0.00000341. The minimum absolute atomic E-state index is 0. The Morgan fingerprint density at radius 3 is 2.42 bits per heavy atom. The Morgan fingerprint density at radius 1 is 1.29 bits per heavy atom. The molecule has 165 valence electrons. The van der Waals surface area contributed by atoms with Crippen molar-refractivity contribution in [2.24, 2.45) is 0 Å². The number of halogens is 1. The number of benzene rings is 1. The van der Waals surface area contributed by atoms with Gasteiger partial charge < -0.3 is 5.11 Å². The van der Waals surface area contributed by atoms with E-state index in [2.05, 4.69) is 4.72 Å². The van der Waals surface area contributed by atoms with Crippen molar-refractivity contribution in [2.45, 2.75) is 75.0 Å². The summed E-state index contributed by atoms with van der Waals surface area (Å²) >= 11 is 0.951. The van der Waals surface area contributed by atoms with Gasteiger partial charge in [0, 0.05) is 51.4 Å². The third-order valence-electron chi connectivity index (χ3n) is 5.69. The van der Waals surface area contributed by atoms with Crippen LogP contribution >= 0.6 is 11.3 Å². The number of hydrogen-bond acceptors (Lipinski definition) is 5. The fourth-order valence-electron chi connectivity index (χ4n) is 4.04. The monoisotopic (exact) mass is 492 g/mol. The number of hydrogen-bond donors (Lipinski definition) is 2. The van der Waals surface area contributed by atoms with Gasteiger partial charge in [0.1, 0.15) is 10.0 Å². The van der Waals surface area contributed by atoms with Gasteiger partial charge in [-0.05, 0) is 77.4 Å². The number of thiophene rings is 1. The zero-order chi connectivity index (χ0) is 22.6. The number of aliphatic hydroxyl groups is 1. The molecule has 9 heteroatoms. The maximum Gasteiger partial charge on any atom is 0.273 e. The van der Waals surface area contributed by atoms with Gasteiger partial charge in [0.05, 0.1) is 11.5 Å². The number of nitrogens with one attached hydrogen (secondary N) is 1. The Bertz CT molecular complexity index is 1100. The first-order valence-corrected chi connectivity index (χ1v) is 12.2. The van der Waals surface area contributed by atoms with Crippen LogP contribution in [0, 0.1) is 5.82 Å². The van der Waals surface area contributed by atoms with Gasteiger partial charge in [-0.25, -0.2) is 17.5 Å². The molecular weight excluding hydrogens is 464 g/mol. The molecule has 1 radical (unpaired) electrons. The van der Waals surface area contributed by atoms with Crippen molar-refractivity contribution in [3.63, 3.8) is 0 Å². The molecule has 1 aliphatic carbocycles. The van der Waals surface area contributed by atoms with Gasteiger partial charge in [-0.15, -0.1) is 11.3 Å². The van der Waals surface area contributed by atoms with Crippen molar-refractivity contribution in [3.8, 4) is 0 Å². The molecule has 3 rings (SSSR count). The smallest absolute Gasteiger partial charge is 0.273 e. The third-order valence-corrected chi connectivity index (χ3v) is 8.48. The summed E-state index contributed by atoms with van der Waals surface area (Å²) in [4.78, 5) is 13.1. The van der Waals surface area contributed by atoms with Crippen LogP contribution < -0.4 is 4.72 Å². The zero-order valence-electron chi connectivity index (χ0n) is 19.0. The van der Waals surface area contributed by atoms with Crippen LogP contribution in [0.25, 0.3) is 0 Å². The van der Waals surface area contributed by atoms with E-state index in [0.717, 1.165) is 28.0 Å². The minimum atomic E-state index is -4.08. The summed E-state index contributed by atoms with van der Waals surface area (Å²) in [5.74, 6) is -1.66. The Kier molecular flexibility index (Phi) is 8.09. The first kappa shape index (κ1) is 27.1. The van der Waals surface area contributed by atoms with Crippen molar-refractivity contribution >= 4 is 78.7 Å². The standard InChI is InChI=1S/C22H28FNO4S2.K/c1-12(2)15-8-14(23)9-17-19(15)16(10-21(17,3)4)20(25)24-30(27,28)18-7-13(11-29-18)22(5,6)26;/h7-9,11-12,16,26H,10H2,1-6H3,(H,24,25);. The molecule has 2 aromatic rings. The third kappa shape index (κ3) is 5.51. The topological polar surface area (TPSA) is 83.5 Å². The van der Waals surface area contributed by atoms with E-state index in [1.54, 1.807) is 19.2 Å². The molecule has 1 aliphatic rings. The van der Waals surface area contributed by atoms with Crippen molar-refractivity contribution in [1.82, 2.24) is 4.72 Å². The average Bonchev–Trinajstić information content (AvgIpc) is 3.18. The van der Waals surface area contributed by atoms with Gasteiger partial charge in [-0.2, -0.15) is 0 Å². The van der Waals surface area contributed by atoms with Gasteiger partial charge in [0.2, 0.25) is 5.91 Å². The average molecular weight is 493 g/mol. The maximum atomic E-state index is 14.2. The van der Waals surface area contributed by atoms with Crippen LogP contribution in [0.5, 0.6) is 0 Å². The largest absolute Gasteiger partial charge is 0.386 e. The SMILES string of the molecule is CC(C)c1cc(F)cc2c1C(C(=O)NS(=O)(=O)c1cc(C(C)(C)O)cs1)CC2(C)C.[K]. The second-order valence-corrected chi connectivity index (χ2v) is 12.3. The summed E-state index contributed by atoms with van der Waals surface area (Å²) < 4.78 is 42.0. The fraction of sp³-hybridized carbons (Fsp3) is 0.500. The van der Waals surface area contributed by atoms with Crippen molar-refractivity contribution in [3.05, 3.63) is 51.7 Å². The van der Waals surface area contributed by atoms with Gasteiger partial charge in [0.25, 0.3) is 10.0 Å². The molecule has 1 atom stereocenters. The van der Waals surface area contributed by atoms with Crippen molar-refractivity contribution in [1.29, 1.82) is 0 Å². The summed E-state index contributed by atoms with van der Waals surface area (Å²) in [5, 5.41) is 11.7. The van der Waals surface area contributed by atoms with Gasteiger partial charge >= 0.3 is 0 Å². The number of carbonyl (C=O) groups excluding carboxylic acids is 1. The van der Waals surface area contributed by atoms with Gasteiger partial charge in [0.15, 0.2) is 0 Å². The first-order chi connectivity index (χ1) is 13.6. The molecule has 1 unspecified atom stereocenters. The molecule has 31 heavy (non-hydrogen) atoms. The zero-order valence-corrected chi connectivity index (χ0v) is 23.8. The van der Waals surface area contributed by atoms with Crippen LogP contribution in [-0.4, -0.2) is 70.8 Å². The number of fused-ring (bicyclic) bond motifs is 1. The van der Waals surface area contributed by atoms with E-state index < -0.39 is 32.9 Å². The Hall–Kier alpha value is -0.134. The molecule has 1 aromatic heterocycles. The molecule has 1 amide bonds. The van der Waals surface area contributed by atoms with Crippen LogP contribution in [0.3, 0.4) is 0 Å². The number of carbonyl (C=O) groups is 1. The number of rotatable bonds is 5. The Morgan fingerprint density at radius 2 is 1.90 bits per heavy atom. The summed E-state index contributed by atoms with van der Waals surface area (Å²) in [6, 6.07) is 4.27.